The van der Waals surface area contributed by atoms with Gasteiger partial charge in [0.2, 0.25) is 5.91 Å². The summed E-state index contributed by atoms with van der Waals surface area (Å²) in [4.78, 5) is 27.4. The summed E-state index contributed by atoms with van der Waals surface area (Å²) < 4.78 is 13.1. The lowest BCUT2D eigenvalue weighted by Crippen LogP contribution is -2.52. The summed E-state index contributed by atoms with van der Waals surface area (Å²) in [6, 6.07) is 16.4. The second kappa shape index (κ2) is 8.76. The summed E-state index contributed by atoms with van der Waals surface area (Å²) in [7, 11) is 0. The van der Waals surface area contributed by atoms with Crippen LogP contribution in [0.1, 0.15) is 54.4 Å². The Morgan fingerprint density at radius 2 is 1.62 bits per heavy atom. The number of rotatable bonds is 6. The lowest BCUT2D eigenvalue weighted by molar-refractivity contribution is -0.135. The van der Waals surface area contributed by atoms with E-state index in [0.717, 1.165) is 38.5 Å². The molecule has 3 atom stereocenters. The van der Waals surface area contributed by atoms with Crippen molar-refractivity contribution in [3.63, 3.8) is 0 Å². The number of carbonyl (C=O) groups excluding carboxylic acids is 2. The average molecular weight is 394 g/mol. The molecule has 2 heterocycles. The van der Waals surface area contributed by atoms with Crippen LogP contribution in [0.5, 0.6) is 0 Å². The second-order valence-electron chi connectivity index (χ2n) is 8.17. The number of piperidine rings is 1. The van der Waals surface area contributed by atoms with Gasteiger partial charge in [0, 0.05) is 30.1 Å². The predicted molar refractivity (Wildman–Crippen MR) is 110 cm³/mol. The number of carbonyl (C=O) groups is 2. The van der Waals surface area contributed by atoms with Gasteiger partial charge in [0.25, 0.3) is 5.91 Å². The van der Waals surface area contributed by atoms with Gasteiger partial charge < -0.3 is 10.2 Å². The summed E-state index contributed by atoms with van der Waals surface area (Å²) in [6.07, 6.45) is 5.99. The monoisotopic (exact) mass is 394 g/mol. The van der Waals surface area contributed by atoms with Gasteiger partial charge in [-0.3, -0.25) is 9.59 Å². The first-order valence-corrected chi connectivity index (χ1v) is 10.5. The van der Waals surface area contributed by atoms with Crippen LogP contribution in [-0.2, 0) is 11.2 Å². The fourth-order valence-corrected chi connectivity index (χ4v) is 4.79. The van der Waals surface area contributed by atoms with Crippen molar-refractivity contribution in [3.05, 3.63) is 71.5 Å². The van der Waals surface area contributed by atoms with Crippen LogP contribution in [0.25, 0.3) is 0 Å². The molecule has 4 rings (SSSR count). The molecule has 0 spiro atoms. The Labute approximate surface area is 171 Å². The molecular weight excluding hydrogens is 367 g/mol. The Morgan fingerprint density at radius 3 is 2.28 bits per heavy atom. The summed E-state index contributed by atoms with van der Waals surface area (Å²) >= 11 is 0. The number of hydrogen-bond donors (Lipinski definition) is 1. The van der Waals surface area contributed by atoms with Crippen molar-refractivity contribution in [1.29, 1.82) is 0 Å². The van der Waals surface area contributed by atoms with E-state index < -0.39 is 0 Å². The summed E-state index contributed by atoms with van der Waals surface area (Å²) in [5.41, 5.74) is 1.74. The Morgan fingerprint density at radius 1 is 0.966 bits per heavy atom. The number of amides is 2. The van der Waals surface area contributed by atoms with Crippen molar-refractivity contribution in [2.45, 2.75) is 63.1 Å². The third kappa shape index (κ3) is 4.66. The molecule has 2 aliphatic heterocycles. The Bertz CT molecular complexity index is 839. The molecule has 2 saturated heterocycles. The van der Waals surface area contributed by atoms with Crippen molar-refractivity contribution in [2.24, 2.45) is 0 Å². The maximum absolute atomic E-state index is 13.1. The van der Waals surface area contributed by atoms with Crippen molar-refractivity contribution in [2.75, 3.05) is 0 Å². The first-order valence-electron chi connectivity index (χ1n) is 10.5. The van der Waals surface area contributed by atoms with Crippen LogP contribution in [-0.4, -0.2) is 34.8 Å². The molecule has 2 amide bonds. The zero-order valence-corrected chi connectivity index (χ0v) is 16.5. The summed E-state index contributed by atoms with van der Waals surface area (Å²) in [6.45, 7) is 0. The van der Waals surface area contributed by atoms with E-state index in [9.17, 15) is 14.0 Å². The van der Waals surface area contributed by atoms with Gasteiger partial charge in [-0.05, 0) is 68.4 Å². The largest absolute Gasteiger partial charge is 0.349 e. The first-order chi connectivity index (χ1) is 14.1. The van der Waals surface area contributed by atoms with E-state index in [2.05, 4.69) is 22.3 Å². The van der Waals surface area contributed by atoms with Gasteiger partial charge in [0.1, 0.15) is 5.82 Å². The topological polar surface area (TPSA) is 49.4 Å². The fourth-order valence-electron chi connectivity index (χ4n) is 4.79. The Kier molecular flexibility index (Phi) is 5.93. The van der Waals surface area contributed by atoms with Crippen molar-refractivity contribution in [3.8, 4) is 0 Å². The number of benzene rings is 2. The molecule has 1 N–H and O–H groups in total. The average Bonchev–Trinajstić information content (AvgIpc) is 3.00. The van der Waals surface area contributed by atoms with Crippen LogP contribution in [0.4, 0.5) is 4.39 Å². The number of aryl methyl sites for hydroxylation is 1. The minimum absolute atomic E-state index is 0.0680. The molecular formula is C24H27FN2O2. The molecule has 5 heteroatoms. The minimum atomic E-state index is -0.348. The normalized spacial score (nSPS) is 23.1. The molecule has 4 nitrogen and oxygen atoms in total. The molecule has 1 unspecified atom stereocenters. The number of fused-ring (bicyclic) bond motifs is 2. The molecule has 0 aliphatic carbocycles. The number of halogens is 1. The maximum Gasteiger partial charge on any atom is 0.251 e. The Hall–Kier alpha value is -2.69. The van der Waals surface area contributed by atoms with E-state index in [1.54, 1.807) is 0 Å². The number of nitrogens with one attached hydrogen (secondary N) is 1. The van der Waals surface area contributed by atoms with Crippen molar-refractivity contribution < 1.29 is 14.0 Å². The predicted octanol–water partition coefficient (Wildman–Crippen LogP) is 4.10. The molecule has 0 radical (unpaired) electrons. The van der Waals surface area contributed by atoms with Crippen molar-refractivity contribution in [1.82, 2.24) is 10.2 Å². The van der Waals surface area contributed by atoms with E-state index in [1.165, 1.54) is 29.8 Å². The van der Waals surface area contributed by atoms with Gasteiger partial charge in [0.05, 0.1) is 0 Å². The minimum Gasteiger partial charge on any atom is -0.349 e. The summed E-state index contributed by atoms with van der Waals surface area (Å²) in [5.74, 6) is -0.271. The van der Waals surface area contributed by atoms with E-state index in [-0.39, 0.29) is 35.8 Å². The van der Waals surface area contributed by atoms with Crippen LogP contribution in [0.15, 0.2) is 54.6 Å². The zero-order valence-electron chi connectivity index (χ0n) is 16.5. The fraction of sp³-hybridized carbons (Fsp3) is 0.417. The molecule has 29 heavy (non-hydrogen) atoms. The quantitative estimate of drug-likeness (QED) is 0.802. The van der Waals surface area contributed by atoms with E-state index in [4.69, 9.17) is 0 Å². The Balaban J connectivity index is 1.28. The standard InChI is InChI=1S/C24H27FN2O2/c25-19-11-9-18(10-12-19)24(29)26-20-15-21-13-14-22(16-20)27(21)23(28)8-4-7-17-5-2-1-3-6-17/h1-3,5-6,9-12,20-22H,4,7-8,13-16H2,(H,26,29)/t20?,21-,22+. The number of nitrogens with zero attached hydrogens (tertiary/aromatic N) is 1. The third-order valence-corrected chi connectivity index (χ3v) is 6.16. The molecule has 0 aromatic heterocycles. The molecule has 2 aliphatic rings. The molecule has 2 fully saturated rings. The summed E-state index contributed by atoms with van der Waals surface area (Å²) in [5, 5.41) is 3.08. The molecule has 152 valence electrons. The van der Waals surface area contributed by atoms with Gasteiger partial charge in [-0.2, -0.15) is 0 Å². The molecule has 2 aromatic carbocycles. The molecule has 0 saturated carbocycles. The van der Waals surface area contributed by atoms with Gasteiger partial charge in [-0.15, -0.1) is 0 Å². The highest BCUT2D eigenvalue weighted by molar-refractivity contribution is 5.94. The van der Waals surface area contributed by atoms with Gasteiger partial charge in [-0.1, -0.05) is 30.3 Å². The van der Waals surface area contributed by atoms with E-state index in [0.29, 0.717) is 12.0 Å². The van der Waals surface area contributed by atoms with Gasteiger partial charge in [0.15, 0.2) is 0 Å². The lowest BCUT2D eigenvalue weighted by Gasteiger charge is -2.39. The zero-order chi connectivity index (χ0) is 20.2. The SMILES string of the molecule is O=C(NC1C[C@H]2CC[C@@H](C1)N2C(=O)CCCc1ccccc1)c1ccc(F)cc1. The van der Waals surface area contributed by atoms with Gasteiger partial charge in [-0.25, -0.2) is 4.39 Å². The van der Waals surface area contributed by atoms with E-state index >= 15 is 0 Å². The van der Waals surface area contributed by atoms with E-state index in [1.807, 2.05) is 18.2 Å². The van der Waals surface area contributed by atoms with Crippen molar-refractivity contribution >= 4 is 11.8 Å². The highest BCUT2D eigenvalue weighted by Crippen LogP contribution is 2.36. The van der Waals surface area contributed by atoms with Crippen LogP contribution >= 0.6 is 0 Å². The lowest BCUT2D eigenvalue weighted by atomic mass is 9.96. The molecule has 2 bridgehead atoms. The molecule has 2 aromatic rings. The smallest absolute Gasteiger partial charge is 0.251 e. The highest BCUT2D eigenvalue weighted by Gasteiger charge is 2.43. The second-order valence-corrected chi connectivity index (χ2v) is 8.17. The third-order valence-electron chi connectivity index (χ3n) is 6.16. The number of hydrogen-bond acceptors (Lipinski definition) is 2. The first kappa shape index (κ1) is 19.6. The van der Waals surface area contributed by atoms with Crippen LogP contribution in [0.2, 0.25) is 0 Å². The van der Waals surface area contributed by atoms with Gasteiger partial charge >= 0.3 is 0 Å². The highest BCUT2D eigenvalue weighted by atomic mass is 19.1. The van der Waals surface area contributed by atoms with Crippen LogP contribution in [0.3, 0.4) is 0 Å². The maximum atomic E-state index is 13.1. The van der Waals surface area contributed by atoms with Crippen LogP contribution < -0.4 is 5.32 Å². The van der Waals surface area contributed by atoms with Crippen LogP contribution in [0, 0.1) is 5.82 Å².